The third kappa shape index (κ3) is 4.64. The van der Waals surface area contributed by atoms with E-state index in [4.69, 9.17) is 11.5 Å². The molecular formula is C15H23N7. The topological polar surface area (TPSA) is 97.2 Å². The van der Waals surface area contributed by atoms with Gasteiger partial charge in [-0.3, -0.25) is 4.90 Å². The van der Waals surface area contributed by atoms with Crippen molar-refractivity contribution in [2.75, 3.05) is 37.8 Å². The van der Waals surface area contributed by atoms with Gasteiger partial charge in [0.05, 0.1) is 6.54 Å². The fourth-order valence-corrected chi connectivity index (χ4v) is 2.13. The van der Waals surface area contributed by atoms with Gasteiger partial charge in [0.1, 0.15) is 5.82 Å². The summed E-state index contributed by atoms with van der Waals surface area (Å²) in [6.07, 6.45) is 0. The average molecular weight is 301 g/mol. The Bertz CT molecular complexity index is 586. The minimum atomic E-state index is 0.237. The van der Waals surface area contributed by atoms with Gasteiger partial charge in [0.25, 0.3) is 0 Å². The van der Waals surface area contributed by atoms with Crippen LogP contribution in [0.2, 0.25) is 0 Å². The molecule has 0 bridgehead atoms. The van der Waals surface area contributed by atoms with E-state index < -0.39 is 0 Å². The zero-order valence-electron chi connectivity index (χ0n) is 13.1. The van der Waals surface area contributed by atoms with E-state index in [1.807, 2.05) is 37.2 Å². The van der Waals surface area contributed by atoms with Gasteiger partial charge < -0.3 is 16.4 Å². The summed E-state index contributed by atoms with van der Waals surface area (Å²) in [7, 11) is 3.75. The predicted molar refractivity (Wildman–Crippen MR) is 88.2 cm³/mol. The Hall–Kier alpha value is -2.25. The largest absolute Gasteiger partial charge is 0.368 e. The molecule has 2 aromatic rings. The SMILES string of the molecule is CN(C)c1nc(N)nc(CN(CCN)Cc2ccccc2)n1. The number of nitrogens with zero attached hydrogens (tertiary/aromatic N) is 5. The lowest BCUT2D eigenvalue weighted by molar-refractivity contribution is 0.257. The minimum Gasteiger partial charge on any atom is -0.368 e. The van der Waals surface area contributed by atoms with Crippen molar-refractivity contribution < 1.29 is 0 Å². The molecule has 0 saturated heterocycles. The van der Waals surface area contributed by atoms with Gasteiger partial charge in [0, 0.05) is 33.7 Å². The number of hydrogen-bond donors (Lipinski definition) is 2. The quantitative estimate of drug-likeness (QED) is 0.767. The van der Waals surface area contributed by atoms with Crippen LogP contribution in [0.1, 0.15) is 11.4 Å². The standard InChI is InChI=1S/C15H23N7/c1-21(2)15-19-13(18-14(17)20-15)11-22(9-8-16)10-12-6-4-3-5-7-12/h3-7H,8-11,16H2,1-2H3,(H2,17,18,19,20). The predicted octanol–water partition coefficient (Wildman–Crippen LogP) is 0.481. The zero-order valence-corrected chi connectivity index (χ0v) is 13.1. The van der Waals surface area contributed by atoms with Crippen molar-refractivity contribution in [2.45, 2.75) is 13.1 Å². The Balaban J connectivity index is 2.13. The molecule has 7 heteroatoms. The Kier molecular flexibility index (Phi) is 5.62. The number of hydrogen-bond acceptors (Lipinski definition) is 7. The molecule has 0 spiro atoms. The van der Waals surface area contributed by atoms with Crippen LogP contribution in [0.4, 0.5) is 11.9 Å². The summed E-state index contributed by atoms with van der Waals surface area (Å²) in [5.74, 6) is 1.46. The highest BCUT2D eigenvalue weighted by Gasteiger charge is 2.11. The zero-order chi connectivity index (χ0) is 15.9. The first-order chi connectivity index (χ1) is 10.6. The number of nitrogen functional groups attached to an aromatic ring is 1. The first kappa shape index (κ1) is 16.1. The van der Waals surface area contributed by atoms with Gasteiger partial charge in [-0.25, -0.2) is 0 Å². The second kappa shape index (κ2) is 7.67. The van der Waals surface area contributed by atoms with E-state index in [-0.39, 0.29) is 5.95 Å². The van der Waals surface area contributed by atoms with Gasteiger partial charge >= 0.3 is 0 Å². The summed E-state index contributed by atoms with van der Waals surface area (Å²) in [6.45, 7) is 2.71. The molecule has 0 aliphatic carbocycles. The van der Waals surface area contributed by atoms with Crippen LogP contribution in [0.25, 0.3) is 0 Å². The Morgan fingerprint density at radius 1 is 1.00 bits per heavy atom. The molecule has 0 unspecified atom stereocenters. The van der Waals surface area contributed by atoms with Crippen molar-refractivity contribution in [3.8, 4) is 0 Å². The number of aromatic nitrogens is 3. The third-order valence-corrected chi connectivity index (χ3v) is 3.15. The summed E-state index contributed by atoms with van der Waals surface area (Å²) in [6, 6.07) is 10.3. The molecule has 118 valence electrons. The fraction of sp³-hybridized carbons (Fsp3) is 0.400. The first-order valence-electron chi connectivity index (χ1n) is 7.22. The van der Waals surface area contributed by atoms with Gasteiger partial charge in [-0.05, 0) is 5.56 Å². The molecule has 0 aliphatic heterocycles. The molecule has 0 radical (unpaired) electrons. The van der Waals surface area contributed by atoms with Crippen LogP contribution in [-0.2, 0) is 13.1 Å². The molecule has 7 nitrogen and oxygen atoms in total. The van der Waals surface area contributed by atoms with Gasteiger partial charge in [-0.2, -0.15) is 15.0 Å². The van der Waals surface area contributed by atoms with Crippen LogP contribution in [0, 0.1) is 0 Å². The van der Waals surface area contributed by atoms with Crippen LogP contribution in [0.5, 0.6) is 0 Å². The number of anilines is 2. The highest BCUT2D eigenvalue weighted by atomic mass is 15.3. The molecule has 1 aromatic heterocycles. The lowest BCUT2D eigenvalue weighted by atomic mass is 10.2. The molecule has 0 aliphatic rings. The van der Waals surface area contributed by atoms with Gasteiger partial charge in [-0.15, -0.1) is 0 Å². The average Bonchev–Trinajstić information content (AvgIpc) is 2.48. The van der Waals surface area contributed by atoms with Gasteiger partial charge in [0.15, 0.2) is 0 Å². The fourth-order valence-electron chi connectivity index (χ4n) is 2.13. The molecular weight excluding hydrogens is 278 g/mol. The van der Waals surface area contributed by atoms with Crippen LogP contribution in [-0.4, -0.2) is 47.0 Å². The molecule has 0 fully saturated rings. The molecule has 0 amide bonds. The third-order valence-electron chi connectivity index (χ3n) is 3.15. The van der Waals surface area contributed by atoms with Crippen molar-refractivity contribution in [2.24, 2.45) is 5.73 Å². The summed E-state index contributed by atoms with van der Waals surface area (Å²) in [5.41, 5.74) is 12.7. The van der Waals surface area contributed by atoms with Crippen LogP contribution < -0.4 is 16.4 Å². The van der Waals surface area contributed by atoms with E-state index in [1.54, 1.807) is 0 Å². The lowest BCUT2D eigenvalue weighted by Crippen LogP contribution is -2.30. The summed E-state index contributed by atoms with van der Waals surface area (Å²) >= 11 is 0. The monoisotopic (exact) mass is 301 g/mol. The van der Waals surface area contributed by atoms with E-state index in [2.05, 4.69) is 32.0 Å². The minimum absolute atomic E-state index is 0.237. The normalized spacial score (nSPS) is 10.9. The van der Waals surface area contributed by atoms with Crippen LogP contribution in [0.3, 0.4) is 0 Å². The lowest BCUT2D eigenvalue weighted by Gasteiger charge is -2.21. The number of rotatable bonds is 7. The van der Waals surface area contributed by atoms with Crippen molar-refractivity contribution >= 4 is 11.9 Å². The number of benzene rings is 1. The summed E-state index contributed by atoms with van der Waals surface area (Å²) < 4.78 is 0. The van der Waals surface area contributed by atoms with E-state index >= 15 is 0 Å². The maximum atomic E-state index is 5.77. The van der Waals surface area contributed by atoms with E-state index in [0.717, 1.165) is 13.1 Å². The molecule has 2 rings (SSSR count). The van der Waals surface area contributed by atoms with Crippen molar-refractivity contribution in [3.05, 3.63) is 41.7 Å². The highest BCUT2D eigenvalue weighted by molar-refractivity contribution is 5.32. The maximum absolute atomic E-state index is 5.77. The van der Waals surface area contributed by atoms with E-state index in [9.17, 15) is 0 Å². The van der Waals surface area contributed by atoms with Crippen LogP contribution in [0.15, 0.2) is 30.3 Å². The van der Waals surface area contributed by atoms with E-state index in [1.165, 1.54) is 5.56 Å². The molecule has 1 aromatic carbocycles. The van der Waals surface area contributed by atoms with Crippen molar-refractivity contribution in [3.63, 3.8) is 0 Å². The summed E-state index contributed by atoms with van der Waals surface area (Å²) in [5, 5.41) is 0. The molecule has 22 heavy (non-hydrogen) atoms. The highest BCUT2D eigenvalue weighted by Crippen LogP contribution is 2.10. The molecule has 4 N–H and O–H groups in total. The van der Waals surface area contributed by atoms with Crippen molar-refractivity contribution in [1.29, 1.82) is 0 Å². The van der Waals surface area contributed by atoms with Gasteiger partial charge in [0.2, 0.25) is 11.9 Å². The Labute approximate surface area is 131 Å². The first-order valence-corrected chi connectivity index (χ1v) is 7.22. The molecule has 0 saturated carbocycles. The van der Waals surface area contributed by atoms with E-state index in [0.29, 0.717) is 24.9 Å². The smallest absolute Gasteiger partial charge is 0.229 e. The maximum Gasteiger partial charge on any atom is 0.229 e. The Morgan fingerprint density at radius 2 is 1.73 bits per heavy atom. The number of nitrogens with two attached hydrogens (primary N) is 2. The summed E-state index contributed by atoms with van der Waals surface area (Å²) in [4.78, 5) is 16.8. The second-order valence-corrected chi connectivity index (χ2v) is 5.29. The second-order valence-electron chi connectivity index (χ2n) is 5.29. The molecule has 0 atom stereocenters. The molecule has 1 heterocycles. The van der Waals surface area contributed by atoms with Crippen molar-refractivity contribution in [1.82, 2.24) is 19.9 Å². The van der Waals surface area contributed by atoms with Crippen LogP contribution >= 0.6 is 0 Å². The van der Waals surface area contributed by atoms with Gasteiger partial charge in [-0.1, -0.05) is 30.3 Å². The Morgan fingerprint density at radius 3 is 2.36 bits per heavy atom.